The summed E-state index contributed by atoms with van der Waals surface area (Å²) >= 11 is 5.63. The van der Waals surface area contributed by atoms with Crippen molar-refractivity contribution in [3.05, 3.63) is 0 Å². The molecule has 0 aliphatic carbocycles. The molecular formula is C5H12O3S3. The van der Waals surface area contributed by atoms with E-state index in [0.717, 1.165) is 17.3 Å². The summed E-state index contributed by atoms with van der Waals surface area (Å²) in [6.07, 6.45) is 0.511. The number of thioether (sulfide) groups is 1. The molecule has 0 saturated carbocycles. The Labute approximate surface area is 77.1 Å². The fourth-order valence-corrected chi connectivity index (χ4v) is 2.27. The van der Waals surface area contributed by atoms with Crippen molar-refractivity contribution in [1.82, 2.24) is 0 Å². The number of thiol groups is 1. The van der Waals surface area contributed by atoms with Gasteiger partial charge >= 0.3 is 0 Å². The standard InChI is InChI=1S/C5H12O3S3/c6-11(7,8)5-1-3-10-4-2-9/h9H,1-5H2,(H,6,7,8). The van der Waals surface area contributed by atoms with Crippen molar-refractivity contribution in [2.24, 2.45) is 0 Å². The van der Waals surface area contributed by atoms with Crippen LogP contribution >= 0.6 is 24.4 Å². The molecule has 0 aliphatic rings. The van der Waals surface area contributed by atoms with E-state index in [1.807, 2.05) is 0 Å². The molecule has 68 valence electrons. The first-order valence-electron chi connectivity index (χ1n) is 3.20. The molecule has 0 aliphatic heterocycles. The smallest absolute Gasteiger partial charge is 0.264 e. The summed E-state index contributed by atoms with van der Waals surface area (Å²) < 4.78 is 28.7. The van der Waals surface area contributed by atoms with E-state index >= 15 is 0 Å². The molecular weight excluding hydrogens is 204 g/mol. The number of hydrogen-bond acceptors (Lipinski definition) is 4. The highest BCUT2D eigenvalue weighted by atomic mass is 32.2. The Bertz CT molecular complexity index is 175. The Morgan fingerprint density at radius 1 is 1.36 bits per heavy atom. The second kappa shape index (κ2) is 6.16. The van der Waals surface area contributed by atoms with Crippen molar-refractivity contribution < 1.29 is 13.0 Å². The highest BCUT2D eigenvalue weighted by Gasteiger charge is 2.02. The molecule has 0 saturated heterocycles. The first-order valence-corrected chi connectivity index (χ1v) is 6.59. The molecule has 0 bridgehead atoms. The molecule has 0 aromatic heterocycles. The maximum atomic E-state index is 10.2. The molecule has 6 heteroatoms. The van der Waals surface area contributed by atoms with Gasteiger partial charge in [0.05, 0.1) is 5.75 Å². The molecule has 0 radical (unpaired) electrons. The predicted molar refractivity (Wildman–Crippen MR) is 52.2 cm³/mol. The van der Waals surface area contributed by atoms with Gasteiger partial charge in [-0.1, -0.05) is 0 Å². The van der Waals surface area contributed by atoms with Gasteiger partial charge in [0.25, 0.3) is 10.1 Å². The Hall–Kier alpha value is 0.610. The minimum Gasteiger partial charge on any atom is -0.286 e. The van der Waals surface area contributed by atoms with Crippen LogP contribution in [0.5, 0.6) is 0 Å². The third-order valence-electron chi connectivity index (χ3n) is 0.927. The highest BCUT2D eigenvalue weighted by molar-refractivity contribution is 8.00. The van der Waals surface area contributed by atoms with E-state index in [0.29, 0.717) is 6.42 Å². The molecule has 0 atom stereocenters. The molecule has 0 aromatic rings. The van der Waals surface area contributed by atoms with Crippen molar-refractivity contribution in [1.29, 1.82) is 0 Å². The Morgan fingerprint density at radius 3 is 2.45 bits per heavy atom. The van der Waals surface area contributed by atoms with Crippen LogP contribution < -0.4 is 0 Å². The van der Waals surface area contributed by atoms with Gasteiger partial charge in [-0.3, -0.25) is 4.55 Å². The van der Waals surface area contributed by atoms with Crippen LogP contribution in [0.3, 0.4) is 0 Å². The van der Waals surface area contributed by atoms with Gasteiger partial charge in [0, 0.05) is 5.75 Å². The second-order valence-electron chi connectivity index (χ2n) is 1.98. The summed E-state index contributed by atoms with van der Waals surface area (Å²) in [7, 11) is -3.74. The van der Waals surface area contributed by atoms with Gasteiger partial charge in [0.15, 0.2) is 0 Å². The van der Waals surface area contributed by atoms with Gasteiger partial charge in [-0.05, 0) is 17.9 Å². The fourth-order valence-electron chi connectivity index (χ4n) is 0.510. The Morgan fingerprint density at radius 2 is 2.00 bits per heavy atom. The lowest BCUT2D eigenvalue weighted by atomic mass is 10.6. The molecule has 1 N–H and O–H groups in total. The third-order valence-corrected chi connectivity index (χ3v) is 3.33. The molecule has 0 aromatic carbocycles. The molecule has 11 heavy (non-hydrogen) atoms. The van der Waals surface area contributed by atoms with Gasteiger partial charge in [0.1, 0.15) is 0 Å². The monoisotopic (exact) mass is 216 g/mol. The molecule has 0 spiro atoms. The van der Waals surface area contributed by atoms with E-state index in [2.05, 4.69) is 12.6 Å². The molecule has 0 amide bonds. The van der Waals surface area contributed by atoms with Crippen LogP contribution in [0.15, 0.2) is 0 Å². The van der Waals surface area contributed by atoms with E-state index in [4.69, 9.17) is 4.55 Å². The lowest BCUT2D eigenvalue weighted by Gasteiger charge is -1.96. The first-order chi connectivity index (χ1) is 5.06. The molecule has 0 rings (SSSR count). The van der Waals surface area contributed by atoms with E-state index in [9.17, 15) is 8.42 Å². The van der Waals surface area contributed by atoms with E-state index in [1.165, 1.54) is 0 Å². The number of rotatable bonds is 6. The lowest BCUT2D eigenvalue weighted by molar-refractivity contribution is 0.482. The quantitative estimate of drug-likeness (QED) is 0.394. The Kier molecular flexibility index (Phi) is 6.50. The van der Waals surface area contributed by atoms with Gasteiger partial charge in [-0.15, -0.1) is 0 Å². The van der Waals surface area contributed by atoms with E-state index in [1.54, 1.807) is 11.8 Å². The van der Waals surface area contributed by atoms with Crippen LogP contribution in [0.2, 0.25) is 0 Å². The average Bonchev–Trinajstić information content (AvgIpc) is 1.85. The maximum Gasteiger partial charge on any atom is 0.264 e. The first kappa shape index (κ1) is 11.6. The summed E-state index contributed by atoms with van der Waals surface area (Å²) in [5.41, 5.74) is 0. The van der Waals surface area contributed by atoms with Crippen LogP contribution in [0.1, 0.15) is 6.42 Å². The summed E-state index contributed by atoms with van der Waals surface area (Å²) in [5, 5.41) is 0. The van der Waals surface area contributed by atoms with Gasteiger partial charge in [-0.2, -0.15) is 32.8 Å². The topological polar surface area (TPSA) is 54.4 Å². The minimum atomic E-state index is -3.74. The zero-order chi connectivity index (χ0) is 8.74. The van der Waals surface area contributed by atoms with Crippen molar-refractivity contribution >= 4 is 34.5 Å². The zero-order valence-corrected chi connectivity index (χ0v) is 8.59. The molecule has 0 unspecified atom stereocenters. The number of hydrogen-bond donors (Lipinski definition) is 2. The maximum absolute atomic E-state index is 10.2. The van der Waals surface area contributed by atoms with Crippen molar-refractivity contribution in [2.75, 3.05) is 23.0 Å². The summed E-state index contributed by atoms with van der Waals surface area (Å²) in [4.78, 5) is 0. The average molecular weight is 216 g/mol. The van der Waals surface area contributed by atoms with Gasteiger partial charge in [-0.25, -0.2) is 0 Å². The van der Waals surface area contributed by atoms with E-state index < -0.39 is 10.1 Å². The van der Waals surface area contributed by atoms with Crippen molar-refractivity contribution in [3.63, 3.8) is 0 Å². The lowest BCUT2D eigenvalue weighted by Crippen LogP contribution is -2.04. The van der Waals surface area contributed by atoms with Gasteiger partial charge < -0.3 is 0 Å². The fraction of sp³-hybridized carbons (Fsp3) is 1.00. The zero-order valence-electron chi connectivity index (χ0n) is 6.06. The molecule has 0 fully saturated rings. The van der Waals surface area contributed by atoms with Crippen LogP contribution in [-0.4, -0.2) is 36.0 Å². The van der Waals surface area contributed by atoms with Crippen LogP contribution in [0.25, 0.3) is 0 Å². The Balaban J connectivity index is 3.16. The van der Waals surface area contributed by atoms with Crippen LogP contribution in [0, 0.1) is 0 Å². The predicted octanol–water partition coefficient (Wildman–Crippen LogP) is 0.927. The van der Waals surface area contributed by atoms with Crippen LogP contribution in [0.4, 0.5) is 0 Å². The van der Waals surface area contributed by atoms with Gasteiger partial charge in [0.2, 0.25) is 0 Å². The van der Waals surface area contributed by atoms with Crippen LogP contribution in [-0.2, 0) is 10.1 Å². The summed E-state index contributed by atoms with van der Waals surface area (Å²) in [6, 6.07) is 0. The molecule has 0 heterocycles. The normalized spacial score (nSPS) is 11.8. The molecule has 3 nitrogen and oxygen atoms in total. The second-order valence-corrected chi connectivity index (χ2v) is 5.22. The third kappa shape index (κ3) is 10.6. The highest BCUT2D eigenvalue weighted by Crippen LogP contribution is 2.03. The largest absolute Gasteiger partial charge is 0.286 e. The SMILES string of the molecule is O=S(=O)(O)CCCSCCS. The summed E-state index contributed by atoms with van der Waals surface area (Å²) in [5.74, 6) is 2.36. The van der Waals surface area contributed by atoms with E-state index in [-0.39, 0.29) is 5.75 Å². The summed E-state index contributed by atoms with van der Waals surface area (Å²) in [6.45, 7) is 0. The minimum absolute atomic E-state index is 0.132. The van der Waals surface area contributed by atoms with Crippen molar-refractivity contribution in [3.8, 4) is 0 Å². The van der Waals surface area contributed by atoms with Crippen molar-refractivity contribution in [2.45, 2.75) is 6.42 Å².